The van der Waals surface area contributed by atoms with Crippen LogP contribution >= 0.6 is 11.6 Å². The molecule has 12 heteroatoms. The molecular weight excluding hydrogens is 529 g/mol. The lowest BCUT2D eigenvalue weighted by molar-refractivity contribution is 0.0924. The van der Waals surface area contributed by atoms with E-state index < -0.39 is 28.8 Å². The summed E-state index contributed by atoms with van der Waals surface area (Å²) < 4.78 is 27.5. The van der Waals surface area contributed by atoms with E-state index in [4.69, 9.17) is 21.6 Å². The Morgan fingerprint density at radius 3 is 2.11 bits per heavy atom. The summed E-state index contributed by atoms with van der Waals surface area (Å²) in [7, 11) is -5.74. The zero-order chi connectivity index (χ0) is 27.6. The molecule has 0 bridgehead atoms. The molecule has 196 valence electrons. The van der Waals surface area contributed by atoms with Gasteiger partial charge in [-0.05, 0) is 72.9 Å². The van der Waals surface area contributed by atoms with E-state index in [9.17, 15) is 18.0 Å². The largest absolute Gasteiger partial charge is 0.488 e. The fourth-order valence-corrected chi connectivity index (χ4v) is 6.09. The van der Waals surface area contributed by atoms with Crippen molar-refractivity contribution >= 4 is 56.7 Å². The lowest BCUT2D eigenvalue weighted by Crippen LogP contribution is -2.35. The van der Waals surface area contributed by atoms with Gasteiger partial charge in [0.1, 0.15) is 10.6 Å². The van der Waals surface area contributed by atoms with Crippen LogP contribution in [0.25, 0.3) is 10.9 Å². The Kier molecular flexibility index (Phi) is 7.93. The average molecular weight is 554 g/mol. The summed E-state index contributed by atoms with van der Waals surface area (Å²) in [6, 6.07) is 15.4. The van der Waals surface area contributed by atoms with Crippen molar-refractivity contribution in [3.63, 3.8) is 0 Å². The van der Waals surface area contributed by atoms with E-state index in [-0.39, 0.29) is 34.0 Å². The van der Waals surface area contributed by atoms with E-state index >= 15 is 0 Å². The lowest BCUT2D eigenvalue weighted by Gasteiger charge is -2.10. The predicted molar refractivity (Wildman–Crippen MR) is 146 cm³/mol. The van der Waals surface area contributed by atoms with Crippen molar-refractivity contribution in [2.45, 2.75) is 23.6 Å². The minimum atomic E-state index is -4.11. The molecule has 1 aromatic heterocycles. The second-order valence-electron chi connectivity index (χ2n) is 8.85. The van der Waals surface area contributed by atoms with Gasteiger partial charge in [-0.2, -0.15) is 0 Å². The highest BCUT2D eigenvalue weighted by atomic mass is 35.5. The van der Waals surface area contributed by atoms with E-state index in [1.807, 2.05) is 6.07 Å². The molecule has 0 spiro atoms. The van der Waals surface area contributed by atoms with Gasteiger partial charge in [0.05, 0.1) is 4.90 Å². The number of H-pyrrole nitrogens is 1. The first-order valence-corrected chi connectivity index (χ1v) is 13.5. The molecule has 0 fully saturated rings. The number of rotatable bonds is 8. The molecule has 0 aliphatic heterocycles. The zero-order valence-electron chi connectivity index (χ0n) is 20.6. The summed E-state index contributed by atoms with van der Waals surface area (Å²) >= 11 is 6.16. The van der Waals surface area contributed by atoms with Crippen LogP contribution in [0.15, 0.2) is 70.5 Å². The van der Waals surface area contributed by atoms with Crippen LogP contribution in [0.2, 0.25) is 5.02 Å². The maximum absolute atomic E-state index is 13.8. The number of aromatic amines is 1. The summed E-state index contributed by atoms with van der Waals surface area (Å²) in [6.45, 7) is 3.69. The van der Waals surface area contributed by atoms with Gasteiger partial charge in [0.15, 0.2) is 0 Å². The minimum absolute atomic E-state index is 0.0250. The molecule has 1 heterocycles. The smallest absolute Gasteiger partial charge is 0.423 e. The van der Waals surface area contributed by atoms with Gasteiger partial charge in [0.25, 0.3) is 11.8 Å². The molecule has 0 atom stereocenters. The standard InChI is InChI=1S/C26H25BClN3O6S/c1-15-11-16(2)13-20(12-15)38(36,37)24-21-14-19(28)7-8-22(21)31-23(24)26(33)30-10-9-29-25(32)17-3-5-18(6-4-17)27(34)35/h3-8,11-14,31,34-35H,9-10H2,1-2H3,(H,29,32)(H,30,33). The topological polar surface area (TPSA) is 149 Å². The number of aromatic nitrogens is 1. The van der Waals surface area contributed by atoms with Gasteiger partial charge in [-0.1, -0.05) is 29.8 Å². The monoisotopic (exact) mass is 553 g/mol. The Labute approximate surface area is 224 Å². The van der Waals surface area contributed by atoms with E-state index in [1.165, 1.54) is 30.3 Å². The lowest BCUT2D eigenvalue weighted by atomic mass is 9.80. The molecule has 4 rings (SSSR count). The van der Waals surface area contributed by atoms with Crippen molar-refractivity contribution in [1.29, 1.82) is 0 Å². The van der Waals surface area contributed by atoms with Crippen LogP contribution in [-0.4, -0.2) is 55.5 Å². The third-order valence-corrected chi connectivity index (χ3v) is 7.93. The number of hydrogen-bond donors (Lipinski definition) is 5. The first kappa shape index (κ1) is 27.4. The number of nitrogens with one attached hydrogen (secondary N) is 3. The van der Waals surface area contributed by atoms with Crippen LogP contribution in [0.5, 0.6) is 0 Å². The number of benzene rings is 3. The van der Waals surface area contributed by atoms with E-state index in [0.29, 0.717) is 21.5 Å². The number of sulfone groups is 1. The van der Waals surface area contributed by atoms with Gasteiger partial charge >= 0.3 is 7.12 Å². The molecule has 0 unspecified atom stereocenters. The Bertz CT molecular complexity index is 1610. The van der Waals surface area contributed by atoms with E-state index in [1.54, 1.807) is 38.1 Å². The van der Waals surface area contributed by atoms with Crippen molar-refractivity contribution in [3.05, 3.63) is 88.1 Å². The molecule has 0 radical (unpaired) electrons. The summed E-state index contributed by atoms with van der Waals surface area (Å²) in [5.41, 5.74) is 2.39. The first-order chi connectivity index (χ1) is 18.0. The summed E-state index contributed by atoms with van der Waals surface area (Å²) in [5, 5.41) is 24.2. The Hall–Kier alpha value is -3.64. The van der Waals surface area contributed by atoms with Gasteiger partial charge in [0, 0.05) is 34.6 Å². The molecule has 2 amide bonds. The second kappa shape index (κ2) is 11.0. The van der Waals surface area contributed by atoms with Crippen LogP contribution in [0.4, 0.5) is 0 Å². The molecule has 38 heavy (non-hydrogen) atoms. The van der Waals surface area contributed by atoms with Crippen LogP contribution in [0.1, 0.15) is 32.0 Å². The van der Waals surface area contributed by atoms with Gasteiger partial charge < -0.3 is 25.7 Å². The fourth-order valence-electron chi connectivity index (χ4n) is 4.13. The molecule has 0 saturated heterocycles. The zero-order valence-corrected chi connectivity index (χ0v) is 22.2. The van der Waals surface area contributed by atoms with Crippen molar-refractivity contribution in [2.75, 3.05) is 13.1 Å². The Balaban J connectivity index is 1.55. The van der Waals surface area contributed by atoms with Crippen molar-refractivity contribution in [2.24, 2.45) is 0 Å². The minimum Gasteiger partial charge on any atom is -0.423 e. The van der Waals surface area contributed by atoms with Gasteiger partial charge in [-0.25, -0.2) is 8.42 Å². The average Bonchev–Trinajstić information content (AvgIpc) is 3.25. The van der Waals surface area contributed by atoms with Gasteiger partial charge in [-0.3, -0.25) is 9.59 Å². The quantitative estimate of drug-likeness (QED) is 0.167. The summed E-state index contributed by atoms with van der Waals surface area (Å²) in [4.78, 5) is 28.3. The van der Waals surface area contributed by atoms with Crippen molar-refractivity contribution in [1.82, 2.24) is 15.6 Å². The maximum Gasteiger partial charge on any atom is 0.488 e. The number of aryl methyl sites for hydroxylation is 2. The van der Waals surface area contributed by atoms with Gasteiger partial charge in [-0.15, -0.1) is 0 Å². The number of carbonyl (C=O) groups excluding carboxylic acids is 2. The van der Waals surface area contributed by atoms with E-state index in [2.05, 4.69) is 15.6 Å². The van der Waals surface area contributed by atoms with Crippen molar-refractivity contribution in [3.8, 4) is 0 Å². The van der Waals surface area contributed by atoms with Gasteiger partial charge in [0.2, 0.25) is 9.84 Å². The summed E-state index contributed by atoms with van der Waals surface area (Å²) in [5.74, 6) is -1.08. The second-order valence-corrected chi connectivity index (χ2v) is 11.2. The third kappa shape index (κ3) is 5.76. The molecule has 9 nitrogen and oxygen atoms in total. The molecular formula is C26H25BClN3O6S. The molecule has 4 aromatic rings. The normalized spacial score (nSPS) is 11.4. The fraction of sp³-hybridized carbons (Fsp3) is 0.154. The SMILES string of the molecule is Cc1cc(C)cc(S(=O)(=O)c2c(C(=O)NCCNC(=O)c3ccc(B(O)O)cc3)[nH]c3ccc(Cl)cc23)c1. The number of carbonyl (C=O) groups is 2. The number of amides is 2. The predicted octanol–water partition coefficient (Wildman–Crippen LogP) is 2.11. The highest BCUT2D eigenvalue weighted by Crippen LogP contribution is 2.34. The maximum atomic E-state index is 13.8. The molecule has 0 saturated carbocycles. The number of halogens is 1. The Morgan fingerprint density at radius 2 is 1.50 bits per heavy atom. The highest BCUT2D eigenvalue weighted by molar-refractivity contribution is 7.91. The molecule has 5 N–H and O–H groups in total. The van der Waals surface area contributed by atoms with Crippen molar-refractivity contribution < 1.29 is 28.1 Å². The Morgan fingerprint density at radius 1 is 0.895 bits per heavy atom. The molecule has 3 aromatic carbocycles. The summed E-state index contributed by atoms with van der Waals surface area (Å²) in [6.07, 6.45) is 0. The van der Waals surface area contributed by atoms with Crippen LogP contribution in [-0.2, 0) is 9.84 Å². The van der Waals surface area contributed by atoms with Crippen LogP contribution in [0.3, 0.4) is 0 Å². The van der Waals surface area contributed by atoms with E-state index in [0.717, 1.165) is 11.1 Å². The first-order valence-electron chi connectivity index (χ1n) is 11.6. The third-order valence-electron chi connectivity index (χ3n) is 5.88. The number of hydrogen-bond acceptors (Lipinski definition) is 6. The molecule has 0 aliphatic carbocycles. The van der Waals surface area contributed by atoms with Crippen LogP contribution < -0.4 is 16.1 Å². The molecule has 0 aliphatic rings. The number of fused-ring (bicyclic) bond motifs is 1. The highest BCUT2D eigenvalue weighted by Gasteiger charge is 2.30. The van der Waals surface area contributed by atoms with Crippen LogP contribution in [0, 0.1) is 13.8 Å².